The molecule has 98 valence electrons. The van der Waals surface area contributed by atoms with Gasteiger partial charge >= 0.3 is 0 Å². The van der Waals surface area contributed by atoms with Gasteiger partial charge in [-0.15, -0.1) is 0 Å². The van der Waals surface area contributed by atoms with Crippen LogP contribution in [0.5, 0.6) is 0 Å². The Morgan fingerprint density at radius 3 is 2.32 bits per heavy atom. The maximum absolute atomic E-state index is 12.1. The van der Waals surface area contributed by atoms with E-state index in [9.17, 15) is 14.3 Å². The highest BCUT2D eigenvalue weighted by Crippen LogP contribution is 2.19. The van der Waals surface area contributed by atoms with Crippen LogP contribution in [0.2, 0.25) is 0 Å². The third-order valence-electron chi connectivity index (χ3n) is 2.65. The summed E-state index contributed by atoms with van der Waals surface area (Å²) < 4.78 is 12.1. The van der Waals surface area contributed by atoms with Crippen LogP contribution in [-0.2, 0) is 16.6 Å². The number of nitro benzene ring substituents is 1. The molecular formula is C13H12N2O3S. The van der Waals surface area contributed by atoms with E-state index < -0.39 is 15.7 Å². The van der Waals surface area contributed by atoms with Crippen molar-refractivity contribution in [1.29, 1.82) is 0 Å². The molecule has 1 unspecified atom stereocenters. The lowest BCUT2D eigenvalue weighted by molar-refractivity contribution is -0.384. The molecular weight excluding hydrogens is 264 g/mol. The molecule has 0 saturated carbocycles. The van der Waals surface area contributed by atoms with Gasteiger partial charge in [-0.1, -0.05) is 18.2 Å². The first-order valence-corrected chi connectivity index (χ1v) is 6.86. The van der Waals surface area contributed by atoms with Crippen LogP contribution in [0, 0.1) is 10.1 Å². The molecule has 6 heteroatoms. The number of nitro groups is 1. The molecule has 0 spiro atoms. The summed E-state index contributed by atoms with van der Waals surface area (Å²) in [7, 11) is -1.27. The predicted octanol–water partition coefficient (Wildman–Crippen LogP) is 2.48. The Bertz CT molecular complexity index is 626. The lowest BCUT2D eigenvalue weighted by Gasteiger charge is -2.05. The van der Waals surface area contributed by atoms with Gasteiger partial charge < -0.3 is 5.73 Å². The molecule has 0 amide bonds. The molecule has 0 aromatic heterocycles. The van der Waals surface area contributed by atoms with Crippen molar-refractivity contribution in [3.63, 3.8) is 0 Å². The SMILES string of the molecule is Nc1ccccc1CS(=O)c1ccc([N+](=O)[O-])cc1. The fourth-order valence-electron chi connectivity index (χ4n) is 1.61. The first-order valence-electron chi connectivity index (χ1n) is 5.54. The summed E-state index contributed by atoms with van der Waals surface area (Å²) in [5.41, 5.74) is 7.17. The summed E-state index contributed by atoms with van der Waals surface area (Å²) in [6, 6.07) is 12.9. The molecule has 2 aromatic rings. The zero-order valence-electron chi connectivity index (χ0n) is 9.98. The Hall–Kier alpha value is -2.21. The summed E-state index contributed by atoms with van der Waals surface area (Å²) in [5, 5.41) is 10.5. The Kier molecular flexibility index (Phi) is 3.91. The smallest absolute Gasteiger partial charge is 0.269 e. The van der Waals surface area contributed by atoms with Crippen LogP contribution >= 0.6 is 0 Å². The second-order valence-electron chi connectivity index (χ2n) is 3.94. The molecule has 0 aliphatic rings. The van der Waals surface area contributed by atoms with E-state index in [0.717, 1.165) is 5.56 Å². The number of nitrogen functional groups attached to an aromatic ring is 1. The molecule has 0 aliphatic carbocycles. The van der Waals surface area contributed by atoms with Gasteiger partial charge in [-0.3, -0.25) is 14.3 Å². The van der Waals surface area contributed by atoms with Crippen molar-refractivity contribution in [2.45, 2.75) is 10.6 Å². The second kappa shape index (κ2) is 5.62. The van der Waals surface area contributed by atoms with Crippen LogP contribution in [-0.4, -0.2) is 9.13 Å². The Labute approximate surface area is 112 Å². The summed E-state index contributed by atoms with van der Waals surface area (Å²) in [6.45, 7) is 0. The minimum Gasteiger partial charge on any atom is -0.398 e. The summed E-state index contributed by atoms with van der Waals surface area (Å²) in [6.07, 6.45) is 0. The van der Waals surface area contributed by atoms with E-state index in [2.05, 4.69) is 0 Å². The number of anilines is 1. The van der Waals surface area contributed by atoms with Gasteiger partial charge in [0.15, 0.2) is 0 Å². The van der Waals surface area contributed by atoms with Gasteiger partial charge in [-0.25, -0.2) is 0 Å². The lowest BCUT2D eigenvalue weighted by Crippen LogP contribution is -2.00. The van der Waals surface area contributed by atoms with Gasteiger partial charge in [0.25, 0.3) is 5.69 Å². The highest BCUT2D eigenvalue weighted by Gasteiger charge is 2.10. The van der Waals surface area contributed by atoms with Crippen molar-refractivity contribution in [2.24, 2.45) is 0 Å². The molecule has 2 N–H and O–H groups in total. The molecule has 2 rings (SSSR count). The average Bonchev–Trinajstić information content (AvgIpc) is 2.41. The lowest BCUT2D eigenvalue weighted by atomic mass is 10.2. The van der Waals surface area contributed by atoms with E-state index in [1.54, 1.807) is 6.07 Å². The van der Waals surface area contributed by atoms with Crippen molar-refractivity contribution >= 4 is 22.2 Å². The Morgan fingerprint density at radius 1 is 1.11 bits per heavy atom. The number of benzene rings is 2. The highest BCUT2D eigenvalue weighted by molar-refractivity contribution is 7.84. The van der Waals surface area contributed by atoms with Gasteiger partial charge in [0, 0.05) is 22.7 Å². The van der Waals surface area contributed by atoms with Crippen molar-refractivity contribution in [3.8, 4) is 0 Å². The number of nitrogens with zero attached hydrogens (tertiary/aromatic N) is 1. The molecule has 0 saturated heterocycles. The van der Waals surface area contributed by atoms with E-state index in [0.29, 0.717) is 16.3 Å². The van der Waals surface area contributed by atoms with Crippen molar-refractivity contribution in [3.05, 3.63) is 64.2 Å². The zero-order valence-corrected chi connectivity index (χ0v) is 10.8. The van der Waals surface area contributed by atoms with Crippen LogP contribution in [0.1, 0.15) is 5.56 Å². The number of hydrogen-bond donors (Lipinski definition) is 1. The van der Waals surface area contributed by atoms with Crippen LogP contribution < -0.4 is 5.73 Å². The van der Waals surface area contributed by atoms with Gasteiger partial charge in [-0.05, 0) is 23.8 Å². The normalized spacial score (nSPS) is 12.0. The highest BCUT2D eigenvalue weighted by atomic mass is 32.2. The van der Waals surface area contributed by atoms with E-state index >= 15 is 0 Å². The number of para-hydroxylation sites is 1. The van der Waals surface area contributed by atoms with Gasteiger partial charge in [0.05, 0.1) is 21.5 Å². The molecule has 0 radical (unpaired) electrons. The molecule has 0 bridgehead atoms. The molecule has 5 nitrogen and oxygen atoms in total. The predicted molar refractivity (Wildman–Crippen MR) is 74.1 cm³/mol. The van der Waals surface area contributed by atoms with Crippen LogP contribution in [0.25, 0.3) is 0 Å². The van der Waals surface area contributed by atoms with Crippen LogP contribution in [0.4, 0.5) is 11.4 Å². The maximum Gasteiger partial charge on any atom is 0.269 e. The topological polar surface area (TPSA) is 86.2 Å². The van der Waals surface area contributed by atoms with E-state index in [1.165, 1.54) is 24.3 Å². The van der Waals surface area contributed by atoms with Crippen molar-refractivity contribution < 1.29 is 9.13 Å². The standard InChI is InChI=1S/C13H12N2O3S/c14-13-4-2-1-3-10(13)9-19(18)12-7-5-11(6-8-12)15(16)17/h1-8H,9,14H2. The summed E-state index contributed by atoms with van der Waals surface area (Å²) in [5.74, 6) is 0.296. The van der Waals surface area contributed by atoms with Crippen molar-refractivity contribution in [2.75, 3.05) is 5.73 Å². The first-order chi connectivity index (χ1) is 9.08. The van der Waals surface area contributed by atoms with Crippen LogP contribution in [0.15, 0.2) is 53.4 Å². The first kappa shape index (κ1) is 13.2. The minimum atomic E-state index is -1.27. The Balaban J connectivity index is 2.16. The summed E-state index contributed by atoms with van der Waals surface area (Å²) >= 11 is 0. The van der Waals surface area contributed by atoms with Crippen molar-refractivity contribution in [1.82, 2.24) is 0 Å². The number of non-ortho nitro benzene ring substituents is 1. The van der Waals surface area contributed by atoms with Gasteiger partial charge in [0.1, 0.15) is 0 Å². The average molecular weight is 276 g/mol. The van der Waals surface area contributed by atoms with E-state index in [1.807, 2.05) is 18.2 Å². The summed E-state index contributed by atoms with van der Waals surface area (Å²) in [4.78, 5) is 10.6. The fraction of sp³-hybridized carbons (Fsp3) is 0.0769. The zero-order chi connectivity index (χ0) is 13.8. The molecule has 1 atom stereocenters. The largest absolute Gasteiger partial charge is 0.398 e. The third-order valence-corrected chi connectivity index (χ3v) is 4.02. The number of nitrogens with two attached hydrogens (primary N) is 1. The van der Waals surface area contributed by atoms with Gasteiger partial charge in [0.2, 0.25) is 0 Å². The minimum absolute atomic E-state index is 0.0139. The number of rotatable bonds is 4. The fourth-order valence-corrected chi connectivity index (χ4v) is 2.76. The molecule has 19 heavy (non-hydrogen) atoms. The molecule has 0 fully saturated rings. The quantitative estimate of drug-likeness (QED) is 0.528. The van der Waals surface area contributed by atoms with Gasteiger partial charge in [-0.2, -0.15) is 0 Å². The van der Waals surface area contributed by atoms with Crippen LogP contribution in [0.3, 0.4) is 0 Å². The molecule has 2 aromatic carbocycles. The number of hydrogen-bond acceptors (Lipinski definition) is 4. The maximum atomic E-state index is 12.1. The monoisotopic (exact) mass is 276 g/mol. The van der Waals surface area contributed by atoms with E-state index in [4.69, 9.17) is 5.73 Å². The molecule has 0 heterocycles. The Morgan fingerprint density at radius 2 is 1.74 bits per heavy atom. The third kappa shape index (κ3) is 3.17. The molecule has 0 aliphatic heterocycles. The van der Waals surface area contributed by atoms with E-state index in [-0.39, 0.29) is 5.69 Å². The second-order valence-corrected chi connectivity index (χ2v) is 5.39.